The average Bonchev–Trinajstić information content (AvgIpc) is 3.08. The lowest BCUT2D eigenvalue weighted by Crippen LogP contribution is -2.25. The van der Waals surface area contributed by atoms with Crippen molar-refractivity contribution in [2.24, 2.45) is 0 Å². The summed E-state index contributed by atoms with van der Waals surface area (Å²) in [7, 11) is 0. The van der Waals surface area contributed by atoms with Crippen LogP contribution in [-0.4, -0.2) is 17.4 Å². The van der Waals surface area contributed by atoms with Crippen molar-refractivity contribution in [3.8, 4) is 0 Å². The van der Waals surface area contributed by atoms with Crippen LogP contribution in [0.25, 0.3) is 0 Å². The molecule has 4 nitrogen and oxygen atoms in total. The van der Waals surface area contributed by atoms with Gasteiger partial charge in [-0.05, 0) is 50.5 Å². The highest BCUT2D eigenvalue weighted by atomic mass is 32.1. The van der Waals surface area contributed by atoms with Crippen LogP contribution in [0.1, 0.15) is 33.9 Å². The van der Waals surface area contributed by atoms with E-state index < -0.39 is 0 Å². The lowest BCUT2D eigenvalue weighted by atomic mass is 10.1. The van der Waals surface area contributed by atoms with Crippen LogP contribution in [0.15, 0.2) is 60.0 Å². The quantitative estimate of drug-likeness (QED) is 0.556. The number of carbonyl (C=O) groups is 1. The van der Waals surface area contributed by atoms with Crippen LogP contribution in [0.5, 0.6) is 0 Å². The van der Waals surface area contributed by atoms with E-state index in [0.29, 0.717) is 12.1 Å². The third kappa shape index (κ3) is 5.17. The van der Waals surface area contributed by atoms with E-state index in [2.05, 4.69) is 21.0 Å². The van der Waals surface area contributed by atoms with E-state index in [1.807, 2.05) is 61.5 Å². The minimum atomic E-state index is -0.0471. The van der Waals surface area contributed by atoms with Crippen LogP contribution >= 0.6 is 11.3 Å². The van der Waals surface area contributed by atoms with Gasteiger partial charge >= 0.3 is 0 Å². The van der Waals surface area contributed by atoms with Gasteiger partial charge in [0.2, 0.25) is 0 Å². The third-order valence-electron chi connectivity index (χ3n) is 3.99. The van der Waals surface area contributed by atoms with Crippen LogP contribution in [0.4, 0.5) is 11.4 Å². The number of unbranched alkanes of at least 4 members (excludes halogenated alkanes) is 1. The van der Waals surface area contributed by atoms with E-state index in [4.69, 9.17) is 0 Å². The Morgan fingerprint density at radius 3 is 2.58 bits per heavy atom. The molecule has 5 heteroatoms. The zero-order valence-electron chi connectivity index (χ0n) is 14.9. The normalized spacial score (nSPS) is 10.5. The molecule has 0 aliphatic heterocycles. The number of benzene rings is 2. The first-order valence-electron chi connectivity index (χ1n) is 8.82. The summed E-state index contributed by atoms with van der Waals surface area (Å²) in [5.74, 6) is -0.0471. The van der Waals surface area contributed by atoms with Gasteiger partial charge in [0, 0.05) is 23.3 Å². The molecule has 0 bridgehead atoms. The van der Waals surface area contributed by atoms with Gasteiger partial charge < -0.3 is 10.6 Å². The molecule has 0 saturated heterocycles. The fraction of sp³-hybridized carbons (Fsp3) is 0.238. The standard InChI is InChI=1S/C21H23N3OS/c1-16-15-26-20(23-16)13-7-8-14-22-21(25)18-11-5-6-12-19(18)24-17-9-3-2-4-10-17/h2-6,9-12,15,24H,7-8,13-14H2,1H3,(H,22,25). The number of carbonyl (C=O) groups excluding carboxylic acids is 1. The molecule has 0 fully saturated rings. The molecule has 0 saturated carbocycles. The second-order valence-electron chi connectivity index (χ2n) is 6.13. The molecule has 134 valence electrons. The Morgan fingerprint density at radius 2 is 1.81 bits per heavy atom. The zero-order valence-corrected chi connectivity index (χ0v) is 15.7. The Hall–Kier alpha value is -2.66. The molecule has 3 rings (SSSR count). The maximum atomic E-state index is 12.5. The van der Waals surface area contributed by atoms with Gasteiger partial charge in [0.25, 0.3) is 5.91 Å². The Bertz CT molecular complexity index is 845. The highest BCUT2D eigenvalue weighted by Gasteiger charge is 2.10. The van der Waals surface area contributed by atoms with E-state index in [-0.39, 0.29) is 5.91 Å². The summed E-state index contributed by atoms with van der Waals surface area (Å²) in [6.07, 6.45) is 2.94. The molecule has 2 aromatic carbocycles. The number of amides is 1. The number of rotatable bonds is 8. The number of aromatic nitrogens is 1. The molecule has 26 heavy (non-hydrogen) atoms. The monoisotopic (exact) mass is 365 g/mol. The van der Waals surface area contributed by atoms with Crippen molar-refractivity contribution in [2.75, 3.05) is 11.9 Å². The Balaban J connectivity index is 1.50. The summed E-state index contributed by atoms with van der Waals surface area (Å²) in [5.41, 5.74) is 3.52. The molecule has 0 aliphatic carbocycles. The number of hydrogen-bond acceptors (Lipinski definition) is 4. The lowest BCUT2D eigenvalue weighted by molar-refractivity contribution is 0.0954. The number of para-hydroxylation sites is 2. The number of nitrogens with zero attached hydrogens (tertiary/aromatic N) is 1. The van der Waals surface area contributed by atoms with Crippen LogP contribution in [-0.2, 0) is 6.42 Å². The highest BCUT2D eigenvalue weighted by molar-refractivity contribution is 7.09. The second-order valence-corrected chi connectivity index (χ2v) is 7.07. The van der Waals surface area contributed by atoms with Crippen molar-refractivity contribution in [2.45, 2.75) is 26.2 Å². The van der Waals surface area contributed by atoms with Crippen molar-refractivity contribution in [3.05, 3.63) is 76.2 Å². The van der Waals surface area contributed by atoms with Gasteiger partial charge in [-0.1, -0.05) is 30.3 Å². The third-order valence-corrected chi connectivity index (χ3v) is 5.02. The van der Waals surface area contributed by atoms with Gasteiger partial charge in [-0.2, -0.15) is 0 Å². The van der Waals surface area contributed by atoms with Crippen molar-refractivity contribution in [1.29, 1.82) is 0 Å². The molecule has 0 aliphatic rings. The molecule has 1 heterocycles. The van der Waals surface area contributed by atoms with Crippen molar-refractivity contribution in [3.63, 3.8) is 0 Å². The van der Waals surface area contributed by atoms with E-state index in [1.54, 1.807) is 11.3 Å². The molecular weight excluding hydrogens is 342 g/mol. The average molecular weight is 366 g/mol. The predicted octanol–water partition coefficient (Wildman–Crippen LogP) is 4.95. The topological polar surface area (TPSA) is 54.0 Å². The number of anilines is 2. The first kappa shape index (κ1) is 18.1. The van der Waals surface area contributed by atoms with Crippen LogP contribution in [0, 0.1) is 6.92 Å². The Morgan fingerprint density at radius 1 is 1.04 bits per heavy atom. The Kier molecular flexibility index (Phi) is 6.39. The fourth-order valence-corrected chi connectivity index (χ4v) is 3.50. The molecule has 3 aromatic rings. The molecule has 0 spiro atoms. The lowest BCUT2D eigenvalue weighted by Gasteiger charge is -2.12. The van der Waals surface area contributed by atoms with Crippen LogP contribution in [0.3, 0.4) is 0 Å². The summed E-state index contributed by atoms with van der Waals surface area (Å²) < 4.78 is 0. The molecule has 1 aromatic heterocycles. The first-order chi connectivity index (χ1) is 12.7. The maximum Gasteiger partial charge on any atom is 0.253 e. The molecule has 1 amide bonds. The SMILES string of the molecule is Cc1csc(CCCCNC(=O)c2ccccc2Nc2ccccc2)n1. The van der Waals surface area contributed by atoms with Crippen molar-refractivity contribution in [1.82, 2.24) is 10.3 Å². The van der Waals surface area contributed by atoms with E-state index in [9.17, 15) is 4.79 Å². The van der Waals surface area contributed by atoms with E-state index >= 15 is 0 Å². The summed E-state index contributed by atoms with van der Waals surface area (Å²) in [6.45, 7) is 2.68. The minimum Gasteiger partial charge on any atom is -0.355 e. The van der Waals surface area contributed by atoms with Crippen molar-refractivity contribution < 1.29 is 4.79 Å². The highest BCUT2D eigenvalue weighted by Crippen LogP contribution is 2.20. The van der Waals surface area contributed by atoms with Gasteiger partial charge in [0.1, 0.15) is 0 Å². The van der Waals surface area contributed by atoms with Gasteiger partial charge in [0.15, 0.2) is 0 Å². The summed E-state index contributed by atoms with van der Waals surface area (Å²) in [6, 6.07) is 17.4. The van der Waals surface area contributed by atoms with Gasteiger partial charge in [-0.15, -0.1) is 11.3 Å². The fourth-order valence-electron chi connectivity index (χ4n) is 2.68. The van der Waals surface area contributed by atoms with Crippen LogP contribution < -0.4 is 10.6 Å². The number of hydrogen-bond donors (Lipinski definition) is 2. The molecule has 2 N–H and O–H groups in total. The summed E-state index contributed by atoms with van der Waals surface area (Å²) in [4.78, 5) is 17.0. The minimum absolute atomic E-state index is 0.0471. The zero-order chi connectivity index (χ0) is 18.2. The van der Waals surface area contributed by atoms with Gasteiger partial charge in [-0.3, -0.25) is 4.79 Å². The molecule has 0 unspecified atom stereocenters. The summed E-state index contributed by atoms with van der Waals surface area (Å²) >= 11 is 1.71. The van der Waals surface area contributed by atoms with Crippen LogP contribution in [0.2, 0.25) is 0 Å². The van der Waals surface area contributed by atoms with Crippen molar-refractivity contribution >= 4 is 28.6 Å². The number of nitrogens with one attached hydrogen (secondary N) is 2. The Labute approximate surface area is 158 Å². The maximum absolute atomic E-state index is 12.5. The number of thiazole rings is 1. The van der Waals surface area contributed by atoms with E-state index in [0.717, 1.165) is 36.3 Å². The molecule has 0 atom stereocenters. The first-order valence-corrected chi connectivity index (χ1v) is 9.70. The van der Waals surface area contributed by atoms with E-state index in [1.165, 1.54) is 5.01 Å². The van der Waals surface area contributed by atoms with Gasteiger partial charge in [-0.25, -0.2) is 4.98 Å². The predicted molar refractivity (Wildman–Crippen MR) is 108 cm³/mol. The number of aryl methyl sites for hydroxylation is 2. The molecule has 0 radical (unpaired) electrons. The second kappa shape index (κ2) is 9.15. The van der Waals surface area contributed by atoms with Gasteiger partial charge in [0.05, 0.1) is 16.3 Å². The largest absolute Gasteiger partial charge is 0.355 e. The summed E-state index contributed by atoms with van der Waals surface area (Å²) in [5, 5.41) is 9.58. The molecular formula is C21H23N3OS. The smallest absolute Gasteiger partial charge is 0.253 e.